The molecule has 18 heavy (non-hydrogen) atoms. The molecule has 1 amide bonds. The summed E-state index contributed by atoms with van der Waals surface area (Å²) in [6.45, 7) is 7.48. The van der Waals surface area contributed by atoms with E-state index in [0.29, 0.717) is 0 Å². The summed E-state index contributed by atoms with van der Waals surface area (Å²) in [6, 6.07) is -0.00296. The lowest BCUT2D eigenvalue weighted by Crippen LogP contribution is -2.44. The summed E-state index contributed by atoms with van der Waals surface area (Å²) in [4.78, 5) is 25.1. The second-order valence-corrected chi connectivity index (χ2v) is 5.75. The Bertz CT molecular complexity index is 321. The highest BCUT2D eigenvalue weighted by molar-refractivity contribution is 5.73. The van der Waals surface area contributed by atoms with Gasteiger partial charge in [0.25, 0.3) is 0 Å². The molecular weight excluding hydrogens is 234 g/mol. The van der Waals surface area contributed by atoms with Crippen molar-refractivity contribution in [3.8, 4) is 0 Å². The van der Waals surface area contributed by atoms with Crippen LogP contribution in [0, 0.1) is 0 Å². The normalized spacial score (nSPS) is 23.9. The summed E-state index contributed by atoms with van der Waals surface area (Å²) in [6.07, 6.45) is 1.60. The first kappa shape index (κ1) is 14.8. The highest BCUT2D eigenvalue weighted by Gasteiger charge is 2.38. The van der Waals surface area contributed by atoms with Crippen molar-refractivity contribution in [2.24, 2.45) is 0 Å². The van der Waals surface area contributed by atoms with Gasteiger partial charge in [-0.3, -0.25) is 4.79 Å². The minimum atomic E-state index is -0.519. The Morgan fingerprint density at radius 1 is 1.28 bits per heavy atom. The molecule has 5 heteroatoms. The lowest BCUT2D eigenvalue weighted by Gasteiger charge is -2.30. The van der Waals surface area contributed by atoms with Gasteiger partial charge in [0.2, 0.25) is 0 Å². The fourth-order valence-electron chi connectivity index (χ4n) is 2.19. The van der Waals surface area contributed by atoms with Crippen LogP contribution in [0.2, 0.25) is 0 Å². The van der Waals surface area contributed by atoms with Gasteiger partial charge < -0.3 is 14.4 Å². The van der Waals surface area contributed by atoms with Gasteiger partial charge in [-0.25, -0.2) is 4.79 Å². The molecule has 1 aliphatic heterocycles. The number of ether oxygens (including phenoxy) is 2. The number of hydrogen-bond acceptors (Lipinski definition) is 4. The van der Waals surface area contributed by atoms with Crippen molar-refractivity contribution in [1.29, 1.82) is 0 Å². The van der Waals surface area contributed by atoms with Gasteiger partial charge in [0.05, 0.1) is 13.5 Å². The van der Waals surface area contributed by atoms with Crippen LogP contribution in [0.4, 0.5) is 4.79 Å². The van der Waals surface area contributed by atoms with Crippen molar-refractivity contribution in [3.05, 3.63) is 0 Å². The topological polar surface area (TPSA) is 55.8 Å². The van der Waals surface area contributed by atoms with Gasteiger partial charge in [0.1, 0.15) is 5.60 Å². The summed E-state index contributed by atoms with van der Waals surface area (Å²) in [5, 5.41) is 0. The molecule has 1 fully saturated rings. The fourth-order valence-corrected chi connectivity index (χ4v) is 2.19. The maximum atomic E-state index is 12.1. The van der Waals surface area contributed by atoms with Crippen molar-refractivity contribution in [2.75, 3.05) is 7.11 Å². The van der Waals surface area contributed by atoms with E-state index in [9.17, 15) is 9.59 Å². The van der Waals surface area contributed by atoms with E-state index in [0.717, 1.165) is 12.8 Å². The first-order valence-electron chi connectivity index (χ1n) is 6.32. The quantitative estimate of drug-likeness (QED) is 0.712. The van der Waals surface area contributed by atoms with Crippen molar-refractivity contribution in [1.82, 2.24) is 4.90 Å². The molecule has 0 aromatic heterocycles. The maximum Gasteiger partial charge on any atom is 0.410 e. The van der Waals surface area contributed by atoms with Crippen molar-refractivity contribution >= 4 is 12.1 Å². The highest BCUT2D eigenvalue weighted by Crippen LogP contribution is 2.28. The molecule has 0 aromatic rings. The summed E-state index contributed by atoms with van der Waals surface area (Å²) in [5.74, 6) is -0.289. The summed E-state index contributed by atoms with van der Waals surface area (Å²) >= 11 is 0. The summed E-state index contributed by atoms with van der Waals surface area (Å²) in [7, 11) is 1.36. The van der Waals surface area contributed by atoms with Crippen LogP contribution in [0.5, 0.6) is 0 Å². The molecule has 0 saturated carbocycles. The molecule has 1 saturated heterocycles. The minimum Gasteiger partial charge on any atom is -0.469 e. The molecule has 1 rings (SSSR count). The van der Waals surface area contributed by atoms with Crippen LogP contribution in [-0.4, -0.2) is 41.8 Å². The number of carbonyl (C=O) groups is 2. The number of nitrogens with zero attached hydrogens (tertiary/aromatic N) is 1. The van der Waals surface area contributed by atoms with Crippen molar-refractivity contribution < 1.29 is 19.1 Å². The van der Waals surface area contributed by atoms with E-state index in [1.54, 1.807) is 4.90 Å². The third kappa shape index (κ3) is 3.89. The fraction of sp³-hybridized carbons (Fsp3) is 0.846. The monoisotopic (exact) mass is 257 g/mol. The van der Waals surface area contributed by atoms with E-state index in [2.05, 4.69) is 4.74 Å². The molecule has 5 nitrogen and oxygen atoms in total. The predicted octanol–water partition coefficient (Wildman–Crippen LogP) is 2.34. The standard InChI is InChI=1S/C13H23NO4/c1-9-6-7-10(8-11(15)17-5)14(9)12(16)18-13(2,3)4/h9-10H,6-8H2,1-5H3/t9-,10-/m0/s1. The predicted molar refractivity (Wildman–Crippen MR) is 67.2 cm³/mol. The van der Waals surface area contributed by atoms with Gasteiger partial charge in [-0.2, -0.15) is 0 Å². The molecule has 1 heterocycles. The Labute approximate surface area is 108 Å². The lowest BCUT2D eigenvalue weighted by molar-refractivity contribution is -0.141. The largest absolute Gasteiger partial charge is 0.469 e. The zero-order valence-electron chi connectivity index (χ0n) is 11.9. The van der Waals surface area contributed by atoms with E-state index >= 15 is 0 Å². The van der Waals surface area contributed by atoms with Gasteiger partial charge in [-0.05, 0) is 40.5 Å². The van der Waals surface area contributed by atoms with Gasteiger partial charge in [-0.15, -0.1) is 0 Å². The van der Waals surface area contributed by atoms with Crippen LogP contribution in [0.1, 0.15) is 47.0 Å². The Kier molecular flexibility index (Phi) is 4.59. The molecule has 0 N–H and O–H groups in total. The van der Waals surface area contributed by atoms with Crippen LogP contribution in [0.3, 0.4) is 0 Å². The Morgan fingerprint density at radius 3 is 2.39 bits per heavy atom. The third-order valence-corrected chi connectivity index (χ3v) is 3.02. The molecular formula is C13H23NO4. The number of hydrogen-bond donors (Lipinski definition) is 0. The number of rotatable bonds is 2. The first-order valence-corrected chi connectivity index (χ1v) is 6.32. The molecule has 0 bridgehead atoms. The van der Waals surface area contributed by atoms with Gasteiger partial charge in [0, 0.05) is 12.1 Å². The lowest BCUT2D eigenvalue weighted by atomic mass is 10.1. The van der Waals surface area contributed by atoms with Gasteiger partial charge in [0.15, 0.2) is 0 Å². The Balaban J connectivity index is 2.69. The van der Waals surface area contributed by atoms with Crippen LogP contribution in [0.15, 0.2) is 0 Å². The third-order valence-electron chi connectivity index (χ3n) is 3.02. The first-order chi connectivity index (χ1) is 8.24. The molecule has 104 valence electrons. The molecule has 0 radical (unpaired) electrons. The number of likely N-dealkylation sites (tertiary alicyclic amines) is 1. The molecule has 0 unspecified atom stereocenters. The number of carbonyl (C=O) groups excluding carboxylic acids is 2. The molecule has 0 aliphatic carbocycles. The van der Waals surface area contributed by atoms with Crippen molar-refractivity contribution in [3.63, 3.8) is 0 Å². The average Bonchev–Trinajstić information content (AvgIpc) is 2.57. The van der Waals surface area contributed by atoms with E-state index < -0.39 is 5.60 Å². The number of esters is 1. The average molecular weight is 257 g/mol. The number of amides is 1. The second-order valence-electron chi connectivity index (χ2n) is 5.75. The number of methoxy groups -OCH3 is 1. The SMILES string of the molecule is COC(=O)C[C@@H]1CC[C@H](C)N1C(=O)OC(C)(C)C. The van der Waals surface area contributed by atoms with Crippen LogP contribution >= 0.6 is 0 Å². The summed E-state index contributed by atoms with van der Waals surface area (Å²) in [5.41, 5.74) is -0.519. The Morgan fingerprint density at radius 2 is 1.89 bits per heavy atom. The summed E-state index contributed by atoms with van der Waals surface area (Å²) < 4.78 is 10.0. The highest BCUT2D eigenvalue weighted by atomic mass is 16.6. The van der Waals surface area contributed by atoms with E-state index in [1.165, 1.54) is 7.11 Å². The second kappa shape index (κ2) is 5.59. The minimum absolute atomic E-state index is 0.106. The smallest absolute Gasteiger partial charge is 0.410 e. The van der Waals surface area contributed by atoms with Crippen molar-refractivity contribution in [2.45, 2.75) is 64.6 Å². The van der Waals surface area contributed by atoms with Crippen LogP contribution in [0.25, 0.3) is 0 Å². The van der Waals surface area contributed by atoms with Gasteiger partial charge >= 0.3 is 12.1 Å². The molecule has 0 spiro atoms. The molecule has 1 aliphatic rings. The van der Waals surface area contributed by atoms with E-state index in [4.69, 9.17) is 4.74 Å². The van der Waals surface area contributed by atoms with E-state index in [-0.39, 0.29) is 30.6 Å². The Hall–Kier alpha value is -1.26. The molecule has 2 atom stereocenters. The van der Waals surface area contributed by atoms with Gasteiger partial charge in [-0.1, -0.05) is 0 Å². The zero-order valence-corrected chi connectivity index (χ0v) is 11.9. The van der Waals surface area contributed by atoms with Crippen LogP contribution < -0.4 is 0 Å². The van der Waals surface area contributed by atoms with E-state index in [1.807, 2.05) is 27.7 Å². The zero-order chi connectivity index (χ0) is 13.9. The molecule has 0 aromatic carbocycles. The maximum absolute atomic E-state index is 12.1. The van der Waals surface area contributed by atoms with Crippen LogP contribution in [-0.2, 0) is 14.3 Å².